The van der Waals surface area contributed by atoms with E-state index in [-0.39, 0.29) is 12.0 Å². The van der Waals surface area contributed by atoms with Crippen molar-refractivity contribution < 1.29 is 43.6 Å². The Bertz CT molecular complexity index is 231. The molecule has 0 atom stereocenters. The molecule has 7 heteroatoms. The molecule has 0 aliphatic heterocycles. The summed E-state index contributed by atoms with van der Waals surface area (Å²) in [6.45, 7) is 6.77. The Hall–Kier alpha value is -0.426. The fraction of sp³-hybridized carbons (Fsp3) is 0.750. The molecule has 0 unspecified atom stereocenters. The Morgan fingerprint density at radius 2 is 1.47 bits per heavy atom. The molecule has 0 saturated carbocycles. The van der Waals surface area contributed by atoms with E-state index in [2.05, 4.69) is 4.74 Å². The van der Waals surface area contributed by atoms with E-state index in [1.165, 1.54) is 0 Å². The molecule has 0 heterocycles. The summed E-state index contributed by atoms with van der Waals surface area (Å²) >= 11 is -3.58. The average molecular weight is 256 g/mol. The van der Waals surface area contributed by atoms with Crippen LogP contribution in [0.5, 0.6) is 0 Å². The Morgan fingerprint density at radius 1 is 1.13 bits per heavy atom. The second-order valence-electron chi connectivity index (χ2n) is 3.26. The molecule has 0 aromatic carbocycles. The maximum absolute atomic E-state index is 10.9. The Balaban J connectivity index is 0. The normalized spacial score (nSPS) is 9.33. The molecular weight excluding hydrogens is 240 g/mol. The van der Waals surface area contributed by atoms with Crippen molar-refractivity contribution in [3.8, 4) is 0 Å². The summed E-state index contributed by atoms with van der Waals surface area (Å²) in [4.78, 5) is 21.7. The van der Waals surface area contributed by atoms with Crippen LogP contribution in [-0.2, 0) is 36.3 Å². The quantitative estimate of drug-likeness (QED) is 0.416. The van der Waals surface area contributed by atoms with E-state index in [4.69, 9.17) is 10.7 Å². The molecule has 0 saturated heterocycles. The molecule has 0 aromatic rings. The predicted octanol–water partition coefficient (Wildman–Crippen LogP) is -0.0722. The number of ketones is 1. The van der Waals surface area contributed by atoms with Gasteiger partial charge in [-0.2, -0.15) is 0 Å². The number of esters is 1. The Morgan fingerprint density at radius 3 is 1.67 bits per heavy atom. The number of carbonyl (C=O) groups excluding carboxylic acids is 2. The average Bonchev–Trinajstić information content (AvgIpc) is 2.00. The van der Waals surface area contributed by atoms with Gasteiger partial charge in [0, 0.05) is 5.92 Å². The van der Waals surface area contributed by atoms with Gasteiger partial charge >= 0.3 is 35.3 Å². The van der Waals surface area contributed by atoms with Crippen molar-refractivity contribution in [3.63, 3.8) is 0 Å². The van der Waals surface area contributed by atoms with Crippen LogP contribution in [0.4, 0.5) is 0 Å². The van der Waals surface area contributed by atoms with Gasteiger partial charge in [0.1, 0.15) is 0 Å². The summed E-state index contributed by atoms with van der Waals surface area (Å²) in [5.41, 5.74) is 0. The van der Waals surface area contributed by atoms with Crippen LogP contribution in [0.1, 0.15) is 27.7 Å². The van der Waals surface area contributed by atoms with E-state index >= 15 is 0 Å². The van der Waals surface area contributed by atoms with E-state index in [0.29, 0.717) is 0 Å². The summed E-state index contributed by atoms with van der Waals surface area (Å²) in [6, 6.07) is 0. The third kappa shape index (κ3) is 13.6. The van der Waals surface area contributed by atoms with Gasteiger partial charge in [0.25, 0.3) is 0 Å². The summed E-state index contributed by atoms with van der Waals surface area (Å²) in [7, 11) is 0. The zero-order valence-corrected chi connectivity index (χ0v) is 10.7. The van der Waals surface area contributed by atoms with Crippen LogP contribution in [0.15, 0.2) is 0 Å². The molecule has 0 fully saturated rings. The molecule has 15 heavy (non-hydrogen) atoms. The molecule has 0 amide bonds. The number of hydrogen-bond acceptors (Lipinski definition) is 4. The van der Waals surface area contributed by atoms with Crippen LogP contribution in [0.25, 0.3) is 0 Å². The Kier molecular flexibility index (Phi) is 10.0. The molecule has 6 nitrogen and oxygen atoms in total. The molecule has 0 spiro atoms. The third-order valence-electron chi connectivity index (χ3n) is 1.07. The summed E-state index contributed by atoms with van der Waals surface area (Å²) in [5.74, 6) is -1.46. The van der Waals surface area contributed by atoms with Gasteiger partial charge in [0.05, 0.1) is 6.10 Å². The fourth-order valence-electron chi connectivity index (χ4n) is 0.508. The van der Waals surface area contributed by atoms with Gasteiger partial charge in [-0.25, -0.2) is 4.79 Å². The third-order valence-corrected chi connectivity index (χ3v) is 1.07. The van der Waals surface area contributed by atoms with Crippen molar-refractivity contribution in [1.29, 1.82) is 0 Å². The monoisotopic (exact) mass is 256 g/mol. The van der Waals surface area contributed by atoms with Crippen molar-refractivity contribution in [3.05, 3.63) is 0 Å². The fourth-order valence-corrected chi connectivity index (χ4v) is 0.508. The van der Waals surface area contributed by atoms with Crippen molar-refractivity contribution in [2.45, 2.75) is 33.8 Å². The van der Waals surface area contributed by atoms with Crippen LogP contribution >= 0.6 is 0 Å². The number of hydrogen-bond donors (Lipinski definition) is 2. The summed E-state index contributed by atoms with van der Waals surface area (Å²) < 4.78 is 27.9. The first kappa shape index (κ1) is 17.0. The van der Waals surface area contributed by atoms with Crippen molar-refractivity contribution in [2.75, 3.05) is 0 Å². The number of Topliss-reactive ketones (excluding diaryl/α,β-unsaturated/α-hetero) is 1. The van der Waals surface area contributed by atoms with Crippen molar-refractivity contribution in [2.24, 2.45) is 5.92 Å². The Labute approximate surface area is 95.3 Å². The number of ether oxygens (including phenoxy) is 1. The molecule has 0 rings (SSSR count). The van der Waals surface area contributed by atoms with Crippen molar-refractivity contribution >= 4 is 11.8 Å². The molecule has 2 N–H and O–H groups in total. The van der Waals surface area contributed by atoms with Crippen molar-refractivity contribution in [1.82, 2.24) is 0 Å². The van der Waals surface area contributed by atoms with Gasteiger partial charge in [0.15, 0.2) is 0 Å². The summed E-state index contributed by atoms with van der Waals surface area (Å²) in [6.07, 6.45) is -0.217. The van der Waals surface area contributed by atoms with E-state index in [9.17, 15) is 9.59 Å². The van der Waals surface area contributed by atoms with Gasteiger partial charge in [-0.15, -0.1) is 0 Å². The van der Waals surface area contributed by atoms with Gasteiger partial charge in [-0.3, -0.25) is 4.79 Å². The van der Waals surface area contributed by atoms with Crippen LogP contribution in [-0.4, -0.2) is 25.2 Å². The number of rotatable bonds is 3. The summed E-state index contributed by atoms with van der Waals surface area (Å²) in [5, 5.41) is 0. The molecule has 88 valence electrons. The first-order valence-corrected chi connectivity index (χ1v) is 6.38. The van der Waals surface area contributed by atoms with Gasteiger partial charge in [-0.1, -0.05) is 13.8 Å². The minimum absolute atomic E-state index is 0.217. The second-order valence-corrected chi connectivity index (χ2v) is 4.14. The standard InChI is InChI=1S/C8H14O3.2H2O.O.Ti/c1-5(2)7(9)8(10)11-6(3)4;;;;/h5-6H,1-4H3;2*1H2;;/q;;;;+2/p-2. The van der Waals surface area contributed by atoms with Crippen LogP contribution in [0.2, 0.25) is 0 Å². The van der Waals surface area contributed by atoms with Crippen LogP contribution < -0.4 is 0 Å². The van der Waals surface area contributed by atoms with Crippen LogP contribution in [0, 0.1) is 5.92 Å². The van der Waals surface area contributed by atoms with E-state index < -0.39 is 30.4 Å². The second kappa shape index (κ2) is 8.85. The topological polar surface area (TPSA) is 101 Å². The molecule has 0 radical (unpaired) electrons. The minimum atomic E-state index is -3.58. The van der Waals surface area contributed by atoms with Gasteiger partial charge in [0.2, 0.25) is 5.78 Å². The SMILES string of the molecule is CC(C)OC(=O)C(=O)C(C)C.[O]=[Ti]([OH])[OH]. The van der Waals surface area contributed by atoms with Gasteiger partial charge < -0.3 is 4.74 Å². The zero-order valence-electron chi connectivity index (χ0n) is 9.18. The first-order valence-electron chi connectivity index (χ1n) is 4.35. The molecule has 0 bridgehead atoms. The van der Waals surface area contributed by atoms with Crippen LogP contribution in [0.3, 0.4) is 0 Å². The van der Waals surface area contributed by atoms with E-state index in [1.807, 2.05) is 0 Å². The van der Waals surface area contributed by atoms with E-state index in [1.54, 1.807) is 27.7 Å². The van der Waals surface area contributed by atoms with Gasteiger partial charge in [-0.05, 0) is 13.8 Å². The molecule has 0 aliphatic rings. The maximum atomic E-state index is 10.9. The molecular formula is C8H16O6Ti. The zero-order chi connectivity index (χ0) is 12.6. The van der Waals surface area contributed by atoms with E-state index in [0.717, 1.165) is 0 Å². The first-order chi connectivity index (χ1) is 6.68. The predicted molar refractivity (Wildman–Crippen MR) is 46.2 cm³/mol. The number of carbonyl (C=O) groups is 2. The molecule has 0 aromatic heterocycles. The molecule has 0 aliphatic carbocycles.